The monoisotopic (exact) mass is 1760 g/mol. The molecule has 4 fully saturated rings. The maximum absolute atomic E-state index is 15.7. The van der Waals surface area contributed by atoms with Gasteiger partial charge in [0.25, 0.3) is 0 Å². The molecule has 0 saturated carbocycles. The molecular weight excluding hydrogens is 1660 g/mol. The van der Waals surface area contributed by atoms with E-state index >= 15 is 14.4 Å². The predicted octanol–water partition coefficient (Wildman–Crippen LogP) is 11.1. The van der Waals surface area contributed by atoms with Gasteiger partial charge in [-0.3, -0.25) is 4.79 Å². The number of esters is 5. The number of hydrogen-bond acceptors (Lipinski definition) is 28. The summed E-state index contributed by atoms with van der Waals surface area (Å²) in [7, 11) is 0. The quantitative estimate of drug-likeness (QED) is 0.0157. The number of ether oxygens (including phenoxy) is 18. The van der Waals surface area contributed by atoms with Crippen LogP contribution in [0.25, 0.3) is 0 Å². The van der Waals surface area contributed by atoms with Crippen LogP contribution >= 0.6 is 0 Å². The Hall–Kier alpha value is -11.8. The number of nitrogens with two attached hydrogens (primary N) is 2. The Morgan fingerprint density at radius 3 is 1.08 bits per heavy atom. The van der Waals surface area contributed by atoms with Crippen LogP contribution in [0.3, 0.4) is 0 Å². The average Bonchev–Trinajstić information content (AvgIpc) is 0.752. The number of carbonyl (C=O) groups is 6. The SMILES string of the molecule is CC(=O)OC[C@H]1O[C@H](O[C@H]2[C@H](OCc3ccccc3)[C@@H](OC(=O)c3ccccc3)[C@H](O[C@H]3[C@H](OCc4ccccc4)[C@@H](N)[C@@H](O[C@H]4[C@H](OCc5ccccc5)[C@@H](OC(=O)c5ccccc5)[C@H](OCCCN(Cc5ccccc5)C(=O)OCc5ccccc5)O[C@@H]4C(=O)OCc4ccccc4)O[C@@H]3CO)O[C@@H]2C(=O)OCc2ccccc2)[C@H](N)[C@@H](OCc2ccccc2)[C@@H]1O. The molecule has 0 unspecified atom stereocenters. The van der Waals surface area contributed by atoms with E-state index in [1.54, 1.807) is 206 Å². The second-order valence-corrected chi connectivity index (χ2v) is 31.2. The van der Waals surface area contributed by atoms with Gasteiger partial charge in [0.05, 0.1) is 62.9 Å². The van der Waals surface area contributed by atoms with Crippen molar-refractivity contribution in [3.05, 3.63) is 359 Å². The van der Waals surface area contributed by atoms with Gasteiger partial charge >= 0.3 is 35.9 Å². The first-order chi connectivity index (χ1) is 63.1. The number of rotatable bonds is 40. The van der Waals surface area contributed by atoms with E-state index in [1.165, 1.54) is 24.0 Å². The molecule has 10 aromatic rings. The maximum Gasteiger partial charge on any atom is 0.410 e. The number of carbonyl (C=O) groups excluding carboxylic acids is 6. The van der Waals surface area contributed by atoms with E-state index in [1.807, 2.05) is 84.9 Å². The molecule has 1 amide bonds. The Kier molecular flexibility index (Phi) is 34.3. The highest BCUT2D eigenvalue weighted by molar-refractivity contribution is 5.90. The van der Waals surface area contributed by atoms with Gasteiger partial charge in [-0.15, -0.1) is 0 Å². The summed E-state index contributed by atoms with van der Waals surface area (Å²) in [5.74, 6) is -4.64. The Morgan fingerprint density at radius 1 is 0.341 bits per heavy atom. The molecule has 0 spiro atoms. The fourth-order valence-corrected chi connectivity index (χ4v) is 15.3. The molecule has 0 aliphatic carbocycles. The molecule has 4 aliphatic rings. The van der Waals surface area contributed by atoms with Gasteiger partial charge in [0.15, 0.2) is 49.6 Å². The lowest BCUT2D eigenvalue weighted by Crippen LogP contribution is -2.70. The molecule has 0 aromatic heterocycles. The van der Waals surface area contributed by atoms with Crippen molar-refractivity contribution < 1.29 is 124 Å². The molecule has 0 radical (unpaired) electrons. The van der Waals surface area contributed by atoms with E-state index in [-0.39, 0.29) is 83.5 Å². The Labute approximate surface area is 747 Å². The first-order valence-corrected chi connectivity index (χ1v) is 42.8. The number of aliphatic hydroxyl groups excluding tert-OH is 2. The van der Waals surface area contributed by atoms with Crippen molar-refractivity contribution >= 4 is 35.9 Å². The molecule has 4 aliphatic heterocycles. The van der Waals surface area contributed by atoms with Crippen LogP contribution in [-0.4, -0.2) is 200 Å². The lowest BCUT2D eigenvalue weighted by atomic mass is 9.93. The number of nitrogens with zero attached hydrogens (tertiary/aromatic N) is 1. The highest BCUT2D eigenvalue weighted by atomic mass is 16.8. The smallest absolute Gasteiger partial charge is 0.410 e. The van der Waals surface area contributed by atoms with Crippen LogP contribution < -0.4 is 11.5 Å². The second kappa shape index (κ2) is 47.5. The third kappa shape index (κ3) is 26.0. The number of aliphatic hydroxyl groups is 2. The van der Waals surface area contributed by atoms with E-state index in [0.29, 0.717) is 33.4 Å². The van der Waals surface area contributed by atoms with Gasteiger partial charge in [-0.25, -0.2) is 24.0 Å². The maximum atomic E-state index is 15.7. The van der Waals surface area contributed by atoms with Crippen LogP contribution in [0.5, 0.6) is 0 Å². The Morgan fingerprint density at radius 2 is 0.674 bits per heavy atom. The third-order valence-corrected chi connectivity index (χ3v) is 22.0. The second-order valence-electron chi connectivity index (χ2n) is 31.2. The van der Waals surface area contributed by atoms with E-state index in [4.69, 9.17) is 96.7 Å². The molecule has 0 bridgehead atoms. The molecule has 29 nitrogen and oxygen atoms in total. The molecule has 10 aromatic carbocycles. The zero-order valence-electron chi connectivity index (χ0n) is 70.9. The summed E-state index contributed by atoms with van der Waals surface area (Å²) in [6.45, 7) is -1.66. The normalized spacial score (nSPS) is 25.5. The van der Waals surface area contributed by atoms with Gasteiger partial charge in [0.1, 0.15) is 87.5 Å². The van der Waals surface area contributed by atoms with Crippen LogP contribution in [0.4, 0.5) is 4.79 Å². The molecule has 20 atom stereocenters. The van der Waals surface area contributed by atoms with Crippen LogP contribution in [-0.2, 0) is 152 Å². The van der Waals surface area contributed by atoms with Gasteiger partial charge in [0, 0.05) is 20.0 Å². The predicted molar refractivity (Wildman–Crippen MR) is 463 cm³/mol. The van der Waals surface area contributed by atoms with Crippen molar-refractivity contribution in [2.75, 3.05) is 26.4 Å². The summed E-state index contributed by atoms with van der Waals surface area (Å²) in [6.07, 6.45) is -31.3. The average molecular weight is 1760 g/mol. The largest absolute Gasteiger partial charge is 0.463 e. The van der Waals surface area contributed by atoms with Gasteiger partial charge in [-0.2, -0.15) is 0 Å². The van der Waals surface area contributed by atoms with Crippen LogP contribution in [0.15, 0.2) is 303 Å². The van der Waals surface area contributed by atoms with Crippen molar-refractivity contribution in [2.24, 2.45) is 11.5 Å². The fourth-order valence-electron chi connectivity index (χ4n) is 15.3. The molecule has 129 heavy (non-hydrogen) atoms. The molecule has 676 valence electrons. The number of benzene rings is 10. The van der Waals surface area contributed by atoms with Crippen molar-refractivity contribution in [3.63, 3.8) is 0 Å². The lowest BCUT2D eigenvalue weighted by Gasteiger charge is -2.51. The van der Waals surface area contributed by atoms with E-state index < -0.39 is 172 Å². The standard InChI is InChI=1S/C100H105N3O26/c1-65(105)113-64-77-80(106)82(114-57-67-35-14-3-15-36-67)78(101)96(122-77)126-87-85(117-60-70-41-20-6-21-42-70)91(124-93(108)75-51-30-11-31-52-75)99(129-89(87)95(110)119-62-72-45-24-8-25-46-72)125-81-76(56-104)121-97(79(102)83(81)115-58-68-37-16-4-17-38-68)127-86-84(116-59-69-39-18-5-19-40-69)90(123-92(107)74-49-28-10-29-50-74)98(128-88(86)94(109)118-61-71-43-22-7-23-44-71)112-54-32-53-103(55-66-33-12-2-13-34-66)100(111)120-63-73-47-26-9-27-48-73/h2-31,33-52,76-91,96-99,104,106H,32,53-64,101-102H2,1H3/t76-,77-,78-,79-,80-,81-,82-,83-,84+,85+,86+,87+,88+,89+,90-,91-,96-,97-,98-,99-/m1/s1. The number of amides is 1. The van der Waals surface area contributed by atoms with Gasteiger partial charge in [0.2, 0.25) is 0 Å². The van der Waals surface area contributed by atoms with E-state index in [2.05, 4.69) is 0 Å². The molecule has 14 rings (SSSR count). The summed E-state index contributed by atoms with van der Waals surface area (Å²) in [5, 5.41) is 24.3. The summed E-state index contributed by atoms with van der Waals surface area (Å²) in [5.41, 5.74) is 20.3. The van der Waals surface area contributed by atoms with Gasteiger partial charge < -0.3 is 112 Å². The fraction of sp³-hybridized carbons (Fsp3) is 0.340. The summed E-state index contributed by atoms with van der Waals surface area (Å²) < 4.78 is 120. The summed E-state index contributed by atoms with van der Waals surface area (Å²) in [4.78, 5) is 89.7. The molecule has 29 heteroatoms. The van der Waals surface area contributed by atoms with Gasteiger partial charge in [-0.1, -0.05) is 279 Å². The Balaban J connectivity index is 0.843. The van der Waals surface area contributed by atoms with Gasteiger partial charge in [-0.05, 0) is 75.2 Å². The minimum Gasteiger partial charge on any atom is -0.463 e. The highest BCUT2D eigenvalue weighted by Gasteiger charge is 2.61. The van der Waals surface area contributed by atoms with E-state index in [0.717, 1.165) is 11.1 Å². The van der Waals surface area contributed by atoms with Crippen LogP contribution in [0, 0.1) is 0 Å². The first-order valence-electron chi connectivity index (χ1n) is 42.8. The minimum atomic E-state index is -2.03. The topological polar surface area (TPSA) is 364 Å². The first kappa shape index (κ1) is 93.3. The van der Waals surface area contributed by atoms with Crippen molar-refractivity contribution in [1.82, 2.24) is 4.90 Å². The minimum absolute atomic E-state index is 0.00152. The highest BCUT2D eigenvalue weighted by Crippen LogP contribution is 2.40. The van der Waals surface area contributed by atoms with Crippen LogP contribution in [0.1, 0.15) is 78.6 Å². The van der Waals surface area contributed by atoms with Crippen LogP contribution in [0.2, 0.25) is 0 Å². The zero-order chi connectivity index (χ0) is 89.6. The van der Waals surface area contributed by atoms with Crippen molar-refractivity contribution in [1.29, 1.82) is 0 Å². The van der Waals surface area contributed by atoms with Crippen molar-refractivity contribution in [2.45, 2.75) is 189 Å². The summed E-state index contributed by atoms with van der Waals surface area (Å²) in [6, 6.07) is 85.1. The molecule has 4 heterocycles. The molecule has 4 saturated heterocycles. The zero-order valence-corrected chi connectivity index (χ0v) is 70.9. The summed E-state index contributed by atoms with van der Waals surface area (Å²) >= 11 is 0. The molecular formula is C100H105N3O26. The molecule has 6 N–H and O–H groups in total. The number of hydrogen-bond donors (Lipinski definition) is 4. The van der Waals surface area contributed by atoms with E-state index in [9.17, 15) is 24.6 Å². The van der Waals surface area contributed by atoms with Crippen molar-refractivity contribution in [3.8, 4) is 0 Å². The lowest BCUT2D eigenvalue weighted by molar-refractivity contribution is -0.376. The Bertz CT molecular complexity index is 5080. The third-order valence-electron chi connectivity index (χ3n) is 22.0.